The molecule has 13 N–H and O–H groups in total. The number of aryl methyl sites for hydroxylation is 3. The van der Waals surface area contributed by atoms with E-state index in [1.807, 2.05) is 67.7 Å². The average Bonchev–Trinajstić information content (AvgIpc) is 4.20. The fraction of sp³-hybridized carbons (Fsp3) is 0.537. The Hall–Kier alpha value is -7.69. The Bertz CT molecular complexity index is 2710. The van der Waals surface area contributed by atoms with Gasteiger partial charge in [0.25, 0.3) is 0 Å². The molecule has 2 saturated heterocycles. The van der Waals surface area contributed by atoms with E-state index in [0.29, 0.717) is 50.6 Å². The molecule has 2 aliphatic rings. The van der Waals surface area contributed by atoms with E-state index < -0.39 is 114 Å². The van der Waals surface area contributed by atoms with E-state index in [-0.39, 0.29) is 51.1 Å². The van der Waals surface area contributed by atoms with E-state index in [1.165, 1.54) is 4.90 Å². The summed E-state index contributed by atoms with van der Waals surface area (Å²) in [4.78, 5) is 130. The highest BCUT2D eigenvalue weighted by atomic mass is 16.2. The molecule has 0 radical (unpaired) electrons. The third kappa shape index (κ3) is 16.2. The summed E-state index contributed by atoms with van der Waals surface area (Å²) in [6.45, 7) is 7.19. The molecular formula is C54H76N14O9. The number of nitrogens with two attached hydrogens (primary N) is 3. The SMILES string of the molecule is CC[C@H](C)[C@H](N)C(=O)N[C@H]1CCC(=O)NCCCC[C@@H](C(N)=O)NC(=O)[C@H](CCc2c[nH]c3ccccc23)NC(=O)[C@@H]2C[C@H](n3cc(CCc4ccccc4)nn3)CN2C(=O)[C@H]([C@@H](C)CC)NC(=O)[C@H](CC(N)=O)NC1=O. The van der Waals surface area contributed by atoms with Gasteiger partial charge in [-0.2, -0.15) is 0 Å². The van der Waals surface area contributed by atoms with Crippen LogP contribution in [0.3, 0.4) is 0 Å². The van der Waals surface area contributed by atoms with E-state index in [0.717, 1.165) is 22.0 Å². The van der Waals surface area contributed by atoms with Crippen molar-refractivity contribution in [1.82, 2.24) is 56.8 Å². The number of fused-ring (bicyclic) bond motifs is 2. The summed E-state index contributed by atoms with van der Waals surface area (Å²) in [5.41, 5.74) is 21.2. The van der Waals surface area contributed by atoms with Crippen LogP contribution in [0.5, 0.6) is 0 Å². The zero-order valence-electron chi connectivity index (χ0n) is 44.4. The third-order valence-electron chi connectivity index (χ3n) is 14.9. The minimum Gasteiger partial charge on any atom is -0.370 e. The van der Waals surface area contributed by atoms with Crippen LogP contribution in [0.15, 0.2) is 67.0 Å². The Kier molecular flexibility index (Phi) is 21.2. The number of amides is 9. The topological polar surface area (TPSA) is 354 Å². The Morgan fingerprint density at radius 2 is 1.52 bits per heavy atom. The number of primary amides is 2. The maximum absolute atomic E-state index is 15.3. The van der Waals surface area contributed by atoms with Gasteiger partial charge in [0, 0.05) is 49.2 Å². The first-order chi connectivity index (χ1) is 36.9. The lowest BCUT2D eigenvalue weighted by Crippen LogP contribution is -2.61. The van der Waals surface area contributed by atoms with E-state index in [1.54, 1.807) is 31.6 Å². The molecule has 23 nitrogen and oxygen atoms in total. The van der Waals surface area contributed by atoms with Crippen LogP contribution in [-0.4, -0.2) is 133 Å². The van der Waals surface area contributed by atoms with Gasteiger partial charge in [0.1, 0.15) is 36.3 Å². The van der Waals surface area contributed by atoms with Gasteiger partial charge in [0.05, 0.1) is 24.2 Å². The molecule has 2 aliphatic heterocycles. The van der Waals surface area contributed by atoms with Gasteiger partial charge in [-0.05, 0) is 80.4 Å². The second-order valence-electron chi connectivity index (χ2n) is 20.5. The van der Waals surface area contributed by atoms with E-state index in [4.69, 9.17) is 17.2 Å². The van der Waals surface area contributed by atoms with Crippen molar-refractivity contribution in [3.8, 4) is 0 Å². The number of carbonyl (C=O) groups is 9. The highest BCUT2D eigenvalue weighted by molar-refractivity contribution is 5.99. The molecule has 2 aromatic carbocycles. The lowest BCUT2D eigenvalue weighted by Gasteiger charge is -2.33. The molecule has 9 amide bonds. The van der Waals surface area contributed by atoms with Crippen molar-refractivity contribution in [2.24, 2.45) is 29.0 Å². The molecule has 23 heteroatoms. The molecule has 6 rings (SSSR count). The first-order valence-electron chi connectivity index (χ1n) is 26.8. The van der Waals surface area contributed by atoms with Crippen molar-refractivity contribution in [2.75, 3.05) is 13.1 Å². The maximum Gasteiger partial charge on any atom is 0.246 e. The van der Waals surface area contributed by atoms with Gasteiger partial charge in [0.2, 0.25) is 53.2 Å². The van der Waals surface area contributed by atoms with Crippen LogP contribution < -0.4 is 49.1 Å². The van der Waals surface area contributed by atoms with Gasteiger partial charge >= 0.3 is 0 Å². The fourth-order valence-electron chi connectivity index (χ4n) is 9.67. The summed E-state index contributed by atoms with van der Waals surface area (Å²) in [6, 6.07) is 7.81. The largest absolute Gasteiger partial charge is 0.370 e. The van der Waals surface area contributed by atoms with Crippen molar-refractivity contribution >= 4 is 64.1 Å². The average molecular weight is 1070 g/mol. The first kappa shape index (κ1) is 58.6. The molecule has 4 heterocycles. The Balaban J connectivity index is 1.36. The molecule has 0 aliphatic carbocycles. The molecule has 0 unspecified atom stereocenters. The zero-order valence-corrected chi connectivity index (χ0v) is 44.4. The van der Waals surface area contributed by atoms with Gasteiger partial charge in [-0.25, -0.2) is 4.68 Å². The number of carbonyl (C=O) groups excluding carboxylic acids is 9. The van der Waals surface area contributed by atoms with E-state index in [9.17, 15) is 38.4 Å². The van der Waals surface area contributed by atoms with Crippen LogP contribution in [0.2, 0.25) is 0 Å². The lowest BCUT2D eigenvalue weighted by atomic mass is 9.96. The molecule has 10 atom stereocenters. The number of nitrogens with one attached hydrogen (secondary N) is 7. The zero-order chi connectivity index (χ0) is 55.8. The number of H-pyrrole nitrogens is 1. The van der Waals surface area contributed by atoms with Gasteiger partial charge in [-0.15, -0.1) is 5.10 Å². The van der Waals surface area contributed by atoms with Crippen molar-refractivity contribution in [2.45, 2.75) is 160 Å². The first-order valence-corrected chi connectivity index (χ1v) is 26.8. The van der Waals surface area contributed by atoms with Crippen LogP contribution in [0, 0.1) is 11.8 Å². The van der Waals surface area contributed by atoms with Crippen molar-refractivity contribution < 1.29 is 43.2 Å². The molecule has 2 aromatic heterocycles. The van der Waals surface area contributed by atoms with Gasteiger partial charge in [-0.3, -0.25) is 43.2 Å². The summed E-state index contributed by atoms with van der Waals surface area (Å²) in [5.74, 6) is -7.76. The Morgan fingerprint density at radius 1 is 0.805 bits per heavy atom. The second kappa shape index (κ2) is 27.9. The van der Waals surface area contributed by atoms with Gasteiger partial charge < -0.3 is 59.0 Å². The number of rotatable bonds is 16. The van der Waals surface area contributed by atoms with Crippen LogP contribution in [0.1, 0.15) is 115 Å². The number of nitrogens with zero attached hydrogens (tertiary/aromatic N) is 4. The number of aromatic nitrogens is 4. The minimum absolute atomic E-state index is 0.0195. The van der Waals surface area contributed by atoms with E-state index in [2.05, 4.69) is 47.2 Å². The van der Waals surface area contributed by atoms with Gasteiger partial charge in [-0.1, -0.05) is 94.3 Å². The summed E-state index contributed by atoms with van der Waals surface area (Å²) in [5, 5.41) is 26.1. The maximum atomic E-state index is 15.3. The number of para-hydroxylation sites is 1. The highest BCUT2D eigenvalue weighted by Crippen LogP contribution is 2.30. The monoisotopic (exact) mass is 1060 g/mol. The summed E-state index contributed by atoms with van der Waals surface area (Å²) >= 11 is 0. The third-order valence-corrected chi connectivity index (χ3v) is 14.9. The molecule has 416 valence electrons. The van der Waals surface area contributed by atoms with Crippen molar-refractivity contribution in [3.63, 3.8) is 0 Å². The summed E-state index contributed by atoms with van der Waals surface area (Å²) in [7, 11) is 0. The van der Waals surface area contributed by atoms with Crippen LogP contribution >= 0.6 is 0 Å². The molecular weight excluding hydrogens is 989 g/mol. The molecule has 4 aromatic rings. The Morgan fingerprint density at radius 3 is 2.23 bits per heavy atom. The van der Waals surface area contributed by atoms with Crippen LogP contribution in [-0.2, 0) is 62.4 Å². The lowest BCUT2D eigenvalue weighted by molar-refractivity contribution is -0.144. The minimum atomic E-state index is -1.66. The Labute approximate surface area is 448 Å². The number of hydrogen-bond donors (Lipinski definition) is 10. The molecule has 0 saturated carbocycles. The molecule has 0 spiro atoms. The number of benzene rings is 2. The number of aromatic amines is 1. The van der Waals surface area contributed by atoms with Gasteiger partial charge in [0.15, 0.2) is 0 Å². The smallest absolute Gasteiger partial charge is 0.246 e. The normalized spacial score (nSPS) is 24.0. The predicted molar refractivity (Wildman–Crippen MR) is 285 cm³/mol. The van der Waals surface area contributed by atoms with Crippen LogP contribution in [0.4, 0.5) is 0 Å². The molecule has 0 bridgehead atoms. The highest BCUT2D eigenvalue weighted by Gasteiger charge is 2.45. The van der Waals surface area contributed by atoms with E-state index >= 15 is 4.79 Å². The summed E-state index contributed by atoms with van der Waals surface area (Å²) < 4.78 is 1.60. The molecule has 2 fully saturated rings. The second-order valence-corrected chi connectivity index (χ2v) is 20.5. The standard InChI is InChI=1S/C54H76N14O9/c1-5-31(3)46(56)53(76)62-41-23-24-45(70)58-25-13-12-18-39(48(57)71)60-49(72)40(22-20-34-28-59-38-17-11-10-16-37(34)38)61-52(75)43-26-36(68-29-35(65-66-68)21-19-33-14-8-7-9-15-33)30-67(43)54(77)47(32(4)6-2)64-51(74)42(27-44(55)69)63-50(41)73/h7-11,14-17,28-29,31-32,36,39-43,46-47,59H,5-6,12-13,18-27,30,56H2,1-4H3,(H2,55,69)(H2,57,71)(H,58,70)(H,60,72)(H,61,75)(H,62,76)(H,63,73)(H,64,74)/t31-,32-,36-,39-,40-,41-,42-,43-,46-,47-/m0/s1. The fourth-order valence-corrected chi connectivity index (χ4v) is 9.67. The predicted octanol–water partition coefficient (Wildman–Crippen LogP) is 0.604. The van der Waals surface area contributed by atoms with Crippen molar-refractivity contribution in [1.29, 1.82) is 0 Å². The number of hydrogen-bond acceptors (Lipinski definition) is 12. The molecule has 77 heavy (non-hydrogen) atoms. The van der Waals surface area contributed by atoms with Crippen LogP contribution in [0.25, 0.3) is 10.9 Å². The summed E-state index contributed by atoms with van der Waals surface area (Å²) in [6.07, 6.45) is 5.69. The quantitative estimate of drug-likeness (QED) is 0.0738. The van der Waals surface area contributed by atoms with Crippen molar-refractivity contribution in [3.05, 3.63) is 83.8 Å².